The second-order valence-corrected chi connectivity index (χ2v) is 10.6. The molecule has 2 heterocycles. The third-order valence-corrected chi connectivity index (χ3v) is 7.98. The van der Waals surface area contributed by atoms with Crippen molar-refractivity contribution in [1.29, 1.82) is 0 Å². The smallest absolute Gasteiger partial charge is 0.264 e. The zero-order valence-electron chi connectivity index (χ0n) is 19.2. The second-order valence-electron chi connectivity index (χ2n) is 8.71. The van der Waals surface area contributed by atoms with Crippen molar-refractivity contribution in [3.8, 4) is 5.75 Å². The molecule has 4 rings (SSSR count). The normalized spacial score (nSPS) is 19.6. The van der Waals surface area contributed by atoms with Gasteiger partial charge in [0, 0.05) is 32.7 Å². The van der Waals surface area contributed by atoms with Gasteiger partial charge in [0.25, 0.3) is 15.9 Å². The number of benzene rings is 2. The van der Waals surface area contributed by atoms with E-state index in [2.05, 4.69) is 22.2 Å². The first-order chi connectivity index (χ1) is 15.8. The van der Waals surface area contributed by atoms with E-state index in [1.54, 1.807) is 48.5 Å². The maximum atomic E-state index is 13.4. The van der Waals surface area contributed by atoms with Crippen molar-refractivity contribution in [3.05, 3.63) is 54.1 Å². The van der Waals surface area contributed by atoms with Gasteiger partial charge in [-0.2, -0.15) is 0 Å². The molecule has 1 unspecified atom stereocenters. The lowest BCUT2D eigenvalue weighted by Gasteiger charge is -2.35. The molecule has 2 aliphatic rings. The summed E-state index contributed by atoms with van der Waals surface area (Å²) in [5, 5.41) is 2.93. The van der Waals surface area contributed by atoms with Crippen molar-refractivity contribution < 1.29 is 17.9 Å². The van der Waals surface area contributed by atoms with E-state index in [-0.39, 0.29) is 17.3 Å². The van der Waals surface area contributed by atoms with Gasteiger partial charge in [-0.05, 0) is 51.2 Å². The average molecular weight is 473 g/mol. The Bertz CT molecular complexity index is 1070. The Morgan fingerprint density at radius 3 is 2.48 bits per heavy atom. The zero-order valence-corrected chi connectivity index (χ0v) is 20.1. The number of anilines is 1. The summed E-state index contributed by atoms with van der Waals surface area (Å²) in [5.41, 5.74) is 1.42. The number of carbonyl (C=O) groups excluding carboxylic acids is 1. The molecule has 1 fully saturated rings. The number of amides is 1. The molecule has 8 nitrogen and oxygen atoms in total. The van der Waals surface area contributed by atoms with E-state index in [9.17, 15) is 13.2 Å². The van der Waals surface area contributed by atoms with Crippen molar-refractivity contribution in [2.24, 2.45) is 0 Å². The topological polar surface area (TPSA) is 82.2 Å². The summed E-state index contributed by atoms with van der Waals surface area (Å²) >= 11 is 0. The molecule has 9 heteroatoms. The van der Waals surface area contributed by atoms with E-state index in [0.717, 1.165) is 44.7 Å². The van der Waals surface area contributed by atoms with Crippen LogP contribution in [0.4, 0.5) is 5.69 Å². The van der Waals surface area contributed by atoms with Crippen molar-refractivity contribution >= 4 is 21.6 Å². The van der Waals surface area contributed by atoms with Crippen LogP contribution in [0.2, 0.25) is 0 Å². The Kier molecular flexibility index (Phi) is 7.21. The van der Waals surface area contributed by atoms with Gasteiger partial charge < -0.3 is 19.9 Å². The molecule has 1 amide bonds. The van der Waals surface area contributed by atoms with Crippen LogP contribution in [0.3, 0.4) is 0 Å². The van der Waals surface area contributed by atoms with Gasteiger partial charge >= 0.3 is 0 Å². The van der Waals surface area contributed by atoms with E-state index >= 15 is 0 Å². The van der Waals surface area contributed by atoms with Crippen molar-refractivity contribution in [2.45, 2.75) is 24.3 Å². The number of fused-ring (bicyclic) bond motifs is 1. The third-order valence-electron chi connectivity index (χ3n) is 6.18. The lowest BCUT2D eigenvalue weighted by molar-refractivity contribution is -0.127. The summed E-state index contributed by atoms with van der Waals surface area (Å²) < 4.78 is 34.0. The molecular weight excluding hydrogens is 440 g/mol. The number of rotatable bonds is 7. The Hall–Kier alpha value is -2.62. The highest BCUT2D eigenvalue weighted by Gasteiger charge is 2.37. The first-order valence-electron chi connectivity index (χ1n) is 11.4. The van der Waals surface area contributed by atoms with Crippen LogP contribution in [0.5, 0.6) is 5.75 Å². The number of nitrogens with one attached hydrogen (secondary N) is 1. The summed E-state index contributed by atoms with van der Waals surface area (Å²) in [6.07, 6.45) is -0.0757. The molecule has 0 spiro atoms. The number of piperazine rings is 1. The summed E-state index contributed by atoms with van der Waals surface area (Å²) in [4.78, 5) is 17.8. The third kappa shape index (κ3) is 5.48. The largest absolute Gasteiger partial charge is 0.476 e. The molecule has 0 radical (unpaired) electrons. The Morgan fingerprint density at radius 2 is 1.76 bits per heavy atom. The molecule has 1 saturated heterocycles. The summed E-state index contributed by atoms with van der Waals surface area (Å²) in [7, 11) is -1.71. The minimum atomic E-state index is -3.84. The van der Waals surface area contributed by atoms with E-state index in [4.69, 9.17) is 4.74 Å². The van der Waals surface area contributed by atoms with Gasteiger partial charge in [-0.15, -0.1) is 0 Å². The molecule has 0 aliphatic carbocycles. The van der Waals surface area contributed by atoms with Gasteiger partial charge in [0.1, 0.15) is 5.75 Å². The number of nitrogens with zero attached hydrogens (tertiary/aromatic N) is 3. The highest BCUT2D eigenvalue weighted by Crippen LogP contribution is 2.36. The Labute approximate surface area is 196 Å². The summed E-state index contributed by atoms with van der Waals surface area (Å²) in [6, 6.07) is 13.6. The second kappa shape index (κ2) is 10.1. The maximum Gasteiger partial charge on any atom is 0.264 e. The monoisotopic (exact) mass is 472 g/mol. The number of ether oxygens (including phenoxy) is 1. The van der Waals surface area contributed by atoms with Gasteiger partial charge in [-0.3, -0.25) is 9.10 Å². The van der Waals surface area contributed by atoms with Gasteiger partial charge in [-0.1, -0.05) is 29.8 Å². The van der Waals surface area contributed by atoms with Crippen LogP contribution in [0.25, 0.3) is 0 Å². The number of hydrogen-bond acceptors (Lipinski definition) is 6. The van der Waals surface area contributed by atoms with Crippen LogP contribution in [-0.4, -0.2) is 83.1 Å². The fourth-order valence-corrected chi connectivity index (χ4v) is 5.58. The summed E-state index contributed by atoms with van der Waals surface area (Å²) in [6.45, 7) is 7.49. The van der Waals surface area contributed by atoms with Crippen LogP contribution in [0.1, 0.15) is 12.0 Å². The van der Waals surface area contributed by atoms with Gasteiger partial charge in [0.2, 0.25) is 0 Å². The van der Waals surface area contributed by atoms with Crippen LogP contribution >= 0.6 is 0 Å². The summed E-state index contributed by atoms with van der Waals surface area (Å²) in [5.74, 6) is 0.0870. The predicted octanol–water partition coefficient (Wildman–Crippen LogP) is 1.71. The SMILES string of the molecule is Cc1ccc(S(=O)(=O)N2CC(C(=O)NCCCN3CCN(C)CC3)Oc3ccccc32)cc1. The molecule has 178 valence electrons. The van der Waals surface area contributed by atoms with Crippen LogP contribution in [-0.2, 0) is 14.8 Å². The lowest BCUT2D eigenvalue weighted by Crippen LogP contribution is -2.51. The Morgan fingerprint density at radius 1 is 1.06 bits per heavy atom. The lowest BCUT2D eigenvalue weighted by atomic mass is 10.2. The van der Waals surface area contributed by atoms with Crippen LogP contribution in [0, 0.1) is 6.92 Å². The number of para-hydroxylation sites is 2. The molecule has 2 aromatic rings. The van der Waals surface area contributed by atoms with Crippen molar-refractivity contribution in [2.75, 3.05) is 57.2 Å². The maximum absolute atomic E-state index is 13.4. The van der Waals surface area contributed by atoms with Crippen molar-refractivity contribution in [1.82, 2.24) is 15.1 Å². The first kappa shape index (κ1) is 23.5. The van der Waals surface area contributed by atoms with E-state index < -0.39 is 16.1 Å². The van der Waals surface area contributed by atoms with E-state index in [0.29, 0.717) is 18.0 Å². The first-order valence-corrected chi connectivity index (χ1v) is 12.8. The van der Waals surface area contributed by atoms with Crippen LogP contribution in [0.15, 0.2) is 53.4 Å². The predicted molar refractivity (Wildman–Crippen MR) is 128 cm³/mol. The molecule has 1 atom stereocenters. The fourth-order valence-electron chi connectivity index (χ4n) is 4.10. The fraction of sp³-hybridized carbons (Fsp3) is 0.458. The Balaban J connectivity index is 1.41. The minimum absolute atomic E-state index is 0.0719. The number of sulfonamides is 1. The number of carbonyl (C=O) groups is 1. The van der Waals surface area contributed by atoms with Gasteiger partial charge in [-0.25, -0.2) is 8.42 Å². The zero-order chi connectivity index (χ0) is 23.4. The molecule has 0 bridgehead atoms. The van der Waals surface area contributed by atoms with Gasteiger partial charge in [0.15, 0.2) is 6.10 Å². The quantitative estimate of drug-likeness (QED) is 0.618. The molecule has 0 aromatic heterocycles. The number of aryl methyl sites for hydroxylation is 1. The molecule has 0 saturated carbocycles. The molecule has 2 aliphatic heterocycles. The minimum Gasteiger partial charge on any atom is -0.476 e. The van der Waals surface area contributed by atoms with Crippen LogP contribution < -0.4 is 14.4 Å². The van der Waals surface area contributed by atoms with E-state index in [1.807, 2.05) is 6.92 Å². The van der Waals surface area contributed by atoms with Crippen molar-refractivity contribution in [3.63, 3.8) is 0 Å². The standard InChI is InChI=1S/C24H32N4O4S/c1-19-8-10-20(11-9-19)33(30,31)28-18-23(32-22-7-4-3-6-21(22)28)24(29)25-12-5-13-27-16-14-26(2)15-17-27/h3-4,6-11,23H,5,12-18H2,1-2H3,(H,25,29). The van der Waals surface area contributed by atoms with Gasteiger partial charge in [0.05, 0.1) is 17.1 Å². The highest BCUT2D eigenvalue weighted by atomic mass is 32.2. The molecule has 1 N–H and O–H groups in total. The highest BCUT2D eigenvalue weighted by molar-refractivity contribution is 7.92. The van der Waals surface area contributed by atoms with E-state index in [1.165, 1.54) is 4.31 Å². The molecule has 33 heavy (non-hydrogen) atoms. The molecule has 2 aromatic carbocycles. The number of likely N-dealkylation sites (N-methyl/N-ethyl adjacent to an activating group) is 1. The molecular formula is C24H32N4O4S. The number of hydrogen-bond donors (Lipinski definition) is 1. The average Bonchev–Trinajstić information content (AvgIpc) is 2.82.